The number of hydrogen-bond acceptors (Lipinski definition) is 4. The molecule has 1 saturated heterocycles. The molecule has 2 aromatic carbocycles. The van der Waals surface area contributed by atoms with Crippen molar-refractivity contribution in [3.63, 3.8) is 0 Å². The van der Waals surface area contributed by atoms with Gasteiger partial charge in [-0.15, -0.1) is 0 Å². The van der Waals surface area contributed by atoms with Gasteiger partial charge >= 0.3 is 10.2 Å². The summed E-state index contributed by atoms with van der Waals surface area (Å²) in [5.74, 6) is -0.190. The highest BCUT2D eigenvalue weighted by Crippen LogP contribution is 2.24. The fraction of sp³-hybridized carbons (Fsp3) is 0.409. The van der Waals surface area contributed by atoms with E-state index in [1.807, 2.05) is 6.07 Å². The number of piperazine rings is 1. The normalized spacial score (nSPS) is 14.8. The molecule has 0 unspecified atom stereocenters. The minimum atomic E-state index is -3.78. The maximum Gasteiger partial charge on any atom is 0.304 e. The number of amides is 1. The Morgan fingerprint density at radius 1 is 0.933 bits per heavy atom. The van der Waals surface area contributed by atoms with E-state index in [0.717, 1.165) is 17.4 Å². The van der Waals surface area contributed by atoms with Gasteiger partial charge in [-0.3, -0.25) is 4.79 Å². The van der Waals surface area contributed by atoms with Crippen molar-refractivity contribution in [1.29, 1.82) is 0 Å². The minimum absolute atomic E-state index is 0.190. The van der Waals surface area contributed by atoms with Crippen molar-refractivity contribution in [3.05, 3.63) is 59.7 Å². The Morgan fingerprint density at radius 3 is 2.17 bits per heavy atom. The van der Waals surface area contributed by atoms with Gasteiger partial charge in [-0.05, 0) is 43.2 Å². The van der Waals surface area contributed by atoms with Crippen LogP contribution in [0.15, 0.2) is 48.5 Å². The number of benzene rings is 2. The Labute approximate surface area is 179 Å². The van der Waals surface area contributed by atoms with E-state index in [9.17, 15) is 13.2 Å². The first-order valence-corrected chi connectivity index (χ1v) is 11.5. The molecule has 30 heavy (non-hydrogen) atoms. The molecule has 0 aromatic heterocycles. The lowest BCUT2D eigenvalue weighted by atomic mass is 10.1. The van der Waals surface area contributed by atoms with Crippen LogP contribution in [0.3, 0.4) is 0 Å². The average Bonchev–Trinajstić information content (AvgIpc) is 2.74. The largest absolute Gasteiger partial charge is 0.368 e. The van der Waals surface area contributed by atoms with Gasteiger partial charge in [-0.25, -0.2) is 4.31 Å². The Bertz CT molecular complexity index is 985. The zero-order valence-corrected chi connectivity index (χ0v) is 18.9. The summed E-state index contributed by atoms with van der Waals surface area (Å²) in [6.07, 6.45) is 0. The van der Waals surface area contributed by atoms with Crippen molar-refractivity contribution in [1.82, 2.24) is 9.21 Å². The smallest absolute Gasteiger partial charge is 0.304 e. The Kier molecular flexibility index (Phi) is 6.67. The molecule has 0 radical (unpaired) electrons. The van der Waals surface area contributed by atoms with Crippen LogP contribution < -0.4 is 9.21 Å². The van der Waals surface area contributed by atoms with Crippen LogP contribution in [0.2, 0.25) is 0 Å². The molecule has 1 aliphatic heterocycles. The summed E-state index contributed by atoms with van der Waals surface area (Å²) in [5.41, 5.74) is 4.18. The summed E-state index contributed by atoms with van der Waals surface area (Å²) in [7, 11) is -0.839. The number of hydrogen-bond donors (Lipinski definition) is 0. The van der Waals surface area contributed by atoms with Crippen molar-refractivity contribution in [2.45, 2.75) is 13.8 Å². The molecule has 0 aliphatic carbocycles. The SMILES string of the molecule is Cc1cccc(N2CCN(C(=O)CN(c3ccccc3)S(=O)(=O)N(C)C)CC2)c1C. The molecule has 1 heterocycles. The van der Waals surface area contributed by atoms with E-state index >= 15 is 0 Å². The summed E-state index contributed by atoms with van der Waals surface area (Å²) in [5, 5.41) is 0. The van der Waals surface area contributed by atoms with E-state index < -0.39 is 10.2 Å². The lowest BCUT2D eigenvalue weighted by Crippen LogP contribution is -2.53. The van der Waals surface area contributed by atoms with E-state index in [0.29, 0.717) is 18.8 Å². The van der Waals surface area contributed by atoms with Crippen molar-refractivity contribution in [3.8, 4) is 0 Å². The highest BCUT2D eigenvalue weighted by Gasteiger charge is 2.30. The van der Waals surface area contributed by atoms with Crippen LogP contribution >= 0.6 is 0 Å². The second-order valence-electron chi connectivity index (χ2n) is 7.72. The summed E-state index contributed by atoms with van der Waals surface area (Å²) < 4.78 is 28.0. The molecule has 0 spiro atoms. The van der Waals surface area contributed by atoms with E-state index in [-0.39, 0.29) is 12.5 Å². The van der Waals surface area contributed by atoms with Gasteiger partial charge in [0.25, 0.3) is 0 Å². The van der Waals surface area contributed by atoms with Crippen LogP contribution in [0.5, 0.6) is 0 Å². The standard InChI is InChI=1S/C22H30N4O3S/c1-18-9-8-12-21(19(18)2)24-13-15-25(16-14-24)22(27)17-26(30(28,29)23(3)4)20-10-6-5-7-11-20/h5-12H,13-17H2,1-4H3. The van der Waals surface area contributed by atoms with Crippen LogP contribution in [-0.2, 0) is 15.0 Å². The van der Waals surface area contributed by atoms with Gasteiger partial charge in [0.2, 0.25) is 5.91 Å². The average molecular weight is 431 g/mol. The molecule has 0 N–H and O–H groups in total. The first kappa shape index (κ1) is 22.1. The number of carbonyl (C=O) groups excluding carboxylic acids is 1. The number of rotatable bonds is 6. The van der Waals surface area contributed by atoms with Crippen LogP contribution in [0, 0.1) is 13.8 Å². The number of nitrogens with zero attached hydrogens (tertiary/aromatic N) is 4. The first-order valence-electron chi connectivity index (χ1n) is 10.1. The van der Waals surface area contributed by atoms with Gasteiger partial charge in [-0.1, -0.05) is 30.3 Å². The lowest BCUT2D eigenvalue weighted by molar-refractivity contribution is -0.129. The molecule has 3 rings (SSSR count). The molecule has 7 nitrogen and oxygen atoms in total. The monoisotopic (exact) mass is 430 g/mol. The number of para-hydroxylation sites is 1. The second kappa shape index (κ2) is 9.06. The maximum atomic E-state index is 13.0. The maximum absolute atomic E-state index is 13.0. The number of aryl methyl sites for hydroxylation is 1. The molecule has 2 aromatic rings. The summed E-state index contributed by atoms with van der Waals surface area (Å²) in [6, 6.07) is 15.0. The Hall–Kier alpha value is -2.58. The van der Waals surface area contributed by atoms with Gasteiger partial charge in [-0.2, -0.15) is 12.7 Å². The summed E-state index contributed by atoms with van der Waals surface area (Å²) >= 11 is 0. The van der Waals surface area contributed by atoms with Crippen molar-refractivity contribution in [2.24, 2.45) is 0 Å². The summed E-state index contributed by atoms with van der Waals surface area (Å²) in [6.45, 7) is 6.58. The highest BCUT2D eigenvalue weighted by molar-refractivity contribution is 7.90. The zero-order chi connectivity index (χ0) is 21.9. The molecule has 0 saturated carbocycles. The summed E-state index contributed by atoms with van der Waals surface area (Å²) in [4.78, 5) is 17.0. The Balaban J connectivity index is 1.71. The van der Waals surface area contributed by atoms with Crippen LogP contribution in [-0.4, -0.2) is 70.3 Å². The van der Waals surface area contributed by atoms with Crippen LogP contribution in [0.4, 0.5) is 11.4 Å². The van der Waals surface area contributed by atoms with Crippen molar-refractivity contribution < 1.29 is 13.2 Å². The molecular formula is C22H30N4O3S. The second-order valence-corrected chi connectivity index (χ2v) is 9.79. The quantitative estimate of drug-likeness (QED) is 0.705. The molecule has 1 aliphatic rings. The van der Waals surface area contributed by atoms with Crippen LogP contribution in [0.1, 0.15) is 11.1 Å². The fourth-order valence-electron chi connectivity index (χ4n) is 3.60. The van der Waals surface area contributed by atoms with Gasteiger partial charge in [0.1, 0.15) is 6.54 Å². The third kappa shape index (κ3) is 4.60. The lowest BCUT2D eigenvalue weighted by Gasteiger charge is -2.38. The number of carbonyl (C=O) groups is 1. The van der Waals surface area contributed by atoms with E-state index in [1.165, 1.54) is 35.2 Å². The predicted octanol–water partition coefficient (Wildman–Crippen LogP) is 2.27. The van der Waals surface area contributed by atoms with Gasteiger partial charge in [0.15, 0.2) is 0 Å². The molecule has 0 bridgehead atoms. The highest BCUT2D eigenvalue weighted by atomic mass is 32.2. The Morgan fingerprint density at radius 2 is 1.57 bits per heavy atom. The predicted molar refractivity (Wildman–Crippen MR) is 121 cm³/mol. The third-order valence-electron chi connectivity index (χ3n) is 5.61. The van der Waals surface area contributed by atoms with Gasteiger partial charge in [0.05, 0.1) is 5.69 Å². The molecule has 1 amide bonds. The van der Waals surface area contributed by atoms with E-state index in [1.54, 1.807) is 29.2 Å². The van der Waals surface area contributed by atoms with E-state index in [2.05, 4.69) is 36.9 Å². The van der Waals surface area contributed by atoms with Crippen molar-refractivity contribution >= 4 is 27.5 Å². The molecule has 162 valence electrons. The molecule has 8 heteroatoms. The third-order valence-corrected chi connectivity index (χ3v) is 7.43. The first-order chi connectivity index (χ1) is 14.2. The fourth-order valence-corrected chi connectivity index (χ4v) is 4.65. The molecule has 0 atom stereocenters. The minimum Gasteiger partial charge on any atom is -0.368 e. The zero-order valence-electron chi connectivity index (χ0n) is 18.1. The van der Waals surface area contributed by atoms with E-state index in [4.69, 9.17) is 0 Å². The molecule has 1 fully saturated rings. The van der Waals surface area contributed by atoms with Gasteiger partial charge in [0, 0.05) is 46.0 Å². The molecular weight excluding hydrogens is 400 g/mol. The van der Waals surface area contributed by atoms with Crippen molar-refractivity contribution in [2.75, 3.05) is 56.0 Å². The number of anilines is 2. The van der Waals surface area contributed by atoms with Crippen LogP contribution in [0.25, 0.3) is 0 Å². The topological polar surface area (TPSA) is 64.2 Å². The van der Waals surface area contributed by atoms with Gasteiger partial charge < -0.3 is 9.80 Å².